The molecule has 0 amide bonds. The summed E-state index contributed by atoms with van der Waals surface area (Å²) in [7, 11) is 0. The predicted molar refractivity (Wildman–Crippen MR) is 73.7 cm³/mol. The fraction of sp³-hybridized carbons (Fsp3) is 1.00. The molecule has 5 heteroatoms. The number of aliphatic hydroxyl groups excluding tert-OH is 1. The topological polar surface area (TPSA) is 44.7 Å². The molecule has 0 aromatic heterocycles. The normalized spacial score (nSPS) is 21.4. The number of rotatable bonds is 8. The number of aliphatic hydroxyl groups is 1. The van der Waals surface area contributed by atoms with Crippen LogP contribution in [0.5, 0.6) is 0 Å². The number of morpholine rings is 1. The van der Waals surface area contributed by atoms with Crippen molar-refractivity contribution in [2.75, 3.05) is 51.4 Å². The van der Waals surface area contributed by atoms with Gasteiger partial charge in [-0.3, -0.25) is 4.90 Å². The Hall–Kier alpha value is 0.190. The standard InChI is InChI=1S/C12H26N2O2S/c1-11(3-8-17-2)13-9-12(15)10-14-4-6-16-7-5-14/h11-13,15H,3-10H2,1-2H3. The van der Waals surface area contributed by atoms with E-state index < -0.39 is 0 Å². The second kappa shape index (κ2) is 9.16. The fourth-order valence-electron chi connectivity index (χ4n) is 1.88. The lowest BCUT2D eigenvalue weighted by Gasteiger charge is -2.29. The van der Waals surface area contributed by atoms with E-state index >= 15 is 0 Å². The van der Waals surface area contributed by atoms with Crippen LogP contribution in [-0.4, -0.2) is 73.6 Å². The van der Waals surface area contributed by atoms with Crippen molar-refractivity contribution in [2.24, 2.45) is 0 Å². The van der Waals surface area contributed by atoms with Crippen molar-refractivity contribution < 1.29 is 9.84 Å². The summed E-state index contributed by atoms with van der Waals surface area (Å²) < 4.78 is 5.28. The Kier molecular flexibility index (Phi) is 8.22. The number of thioether (sulfide) groups is 1. The molecule has 0 radical (unpaired) electrons. The van der Waals surface area contributed by atoms with Gasteiger partial charge >= 0.3 is 0 Å². The molecule has 0 aromatic carbocycles. The summed E-state index contributed by atoms with van der Waals surface area (Å²) >= 11 is 1.87. The lowest BCUT2D eigenvalue weighted by molar-refractivity contribution is 0.0145. The highest BCUT2D eigenvalue weighted by atomic mass is 32.2. The number of nitrogens with zero attached hydrogens (tertiary/aromatic N) is 1. The lowest BCUT2D eigenvalue weighted by atomic mass is 10.2. The number of nitrogens with one attached hydrogen (secondary N) is 1. The van der Waals surface area contributed by atoms with Crippen LogP contribution in [0.2, 0.25) is 0 Å². The van der Waals surface area contributed by atoms with Crippen molar-refractivity contribution in [2.45, 2.75) is 25.5 Å². The molecular formula is C12H26N2O2S. The average Bonchev–Trinajstić information content (AvgIpc) is 2.35. The first-order valence-electron chi connectivity index (χ1n) is 6.43. The maximum atomic E-state index is 9.93. The Morgan fingerprint density at radius 1 is 1.41 bits per heavy atom. The summed E-state index contributed by atoms with van der Waals surface area (Å²) in [5.74, 6) is 1.17. The lowest BCUT2D eigenvalue weighted by Crippen LogP contribution is -2.45. The van der Waals surface area contributed by atoms with Crippen molar-refractivity contribution >= 4 is 11.8 Å². The van der Waals surface area contributed by atoms with Crippen LogP contribution >= 0.6 is 11.8 Å². The third kappa shape index (κ3) is 7.26. The molecular weight excluding hydrogens is 236 g/mol. The number of hydrogen-bond donors (Lipinski definition) is 2. The minimum absolute atomic E-state index is 0.273. The van der Waals surface area contributed by atoms with Crippen molar-refractivity contribution in [3.05, 3.63) is 0 Å². The highest BCUT2D eigenvalue weighted by molar-refractivity contribution is 7.98. The van der Waals surface area contributed by atoms with E-state index in [-0.39, 0.29) is 6.10 Å². The smallest absolute Gasteiger partial charge is 0.0791 e. The van der Waals surface area contributed by atoms with Crippen LogP contribution in [0.4, 0.5) is 0 Å². The molecule has 1 rings (SSSR count). The Balaban J connectivity index is 2.05. The van der Waals surface area contributed by atoms with Gasteiger partial charge in [-0.15, -0.1) is 0 Å². The van der Waals surface area contributed by atoms with Crippen LogP contribution in [0, 0.1) is 0 Å². The van der Waals surface area contributed by atoms with Gasteiger partial charge in [-0.25, -0.2) is 0 Å². The molecule has 0 aliphatic carbocycles. The van der Waals surface area contributed by atoms with E-state index in [1.54, 1.807) is 0 Å². The molecule has 0 saturated carbocycles. The summed E-state index contributed by atoms with van der Waals surface area (Å²) in [4.78, 5) is 2.27. The van der Waals surface area contributed by atoms with Gasteiger partial charge in [-0.1, -0.05) is 0 Å². The molecule has 1 fully saturated rings. The van der Waals surface area contributed by atoms with Gasteiger partial charge in [0, 0.05) is 32.2 Å². The molecule has 1 saturated heterocycles. The first-order chi connectivity index (χ1) is 8.22. The molecule has 17 heavy (non-hydrogen) atoms. The Labute approximate surface area is 109 Å². The van der Waals surface area contributed by atoms with Crippen molar-refractivity contribution in [3.63, 3.8) is 0 Å². The van der Waals surface area contributed by atoms with Crippen LogP contribution in [0.15, 0.2) is 0 Å². The van der Waals surface area contributed by atoms with Gasteiger partial charge in [0.25, 0.3) is 0 Å². The summed E-state index contributed by atoms with van der Waals surface area (Å²) in [5, 5.41) is 13.3. The van der Waals surface area contributed by atoms with E-state index in [1.165, 1.54) is 5.75 Å². The predicted octanol–water partition coefficient (Wildman–Crippen LogP) is 0.411. The second-order valence-electron chi connectivity index (χ2n) is 4.66. The van der Waals surface area contributed by atoms with Crippen LogP contribution in [0.25, 0.3) is 0 Å². The summed E-state index contributed by atoms with van der Waals surface area (Å²) in [6.45, 7) is 7.10. The quantitative estimate of drug-likeness (QED) is 0.663. The molecule has 1 aliphatic rings. The first kappa shape index (κ1) is 15.2. The van der Waals surface area contributed by atoms with E-state index in [1.807, 2.05) is 11.8 Å². The number of ether oxygens (including phenoxy) is 1. The molecule has 4 nitrogen and oxygen atoms in total. The third-order valence-corrected chi connectivity index (χ3v) is 3.67. The highest BCUT2D eigenvalue weighted by Crippen LogP contribution is 2.01. The Bertz CT molecular complexity index is 189. The van der Waals surface area contributed by atoms with Crippen molar-refractivity contribution in [1.82, 2.24) is 10.2 Å². The largest absolute Gasteiger partial charge is 0.390 e. The van der Waals surface area contributed by atoms with Gasteiger partial charge < -0.3 is 15.2 Å². The molecule has 2 atom stereocenters. The van der Waals surface area contributed by atoms with Crippen molar-refractivity contribution in [1.29, 1.82) is 0 Å². The van der Waals surface area contributed by atoms with Crippen LogP contribution in [0.1, 0.15) is 13.3 Å². The number of hydrogen-bond acceptors (Lipinski definition) is 5. The zero-order chi connectivity index (χ0) is 12.5. The fourth-order valence-corrected chi connectivity index (χ4v) is 2.47. The Morgan fingerprint density at radius 2 is 2.12 bits per heavy atom. The Morgan fingerprint density at radius 3 is 2.76 bits per heavy atom. The average molecular weight is 262 g/mol. The maximum absolute atomic E-state index is 9.93. The second-order valence-corrected chi connectivity index (χ2v) is 5.64. The van der Waals surface area contributed by atoms with Gasteiger partial charge in [-0.2, -0.15) is 11.8 Å². The minimum atomic E-state index is -0.273. The zero-order valence-corrected chi connectivity index (χ0v) is 11.8. The van der Waals surface area contributed by atoms with Gasteiger partial charge in [0.05, 0.1) is 19.3 Å². The molecule has 0 spiro atoms. The van der Waals surface area contributed by atoms with E-state index in [9.17, 15) is 5.11 Å². The minimum Gasteiger partial charge on any atom is -0.390 e. The van der Waals surface area contributed by atoms with Crippen molar-refractivity contribution in [3.8, 4) is 0 Å². The van der Waals surface area contributed by atoms with Crippen LogP contribution in [0.3, 0.4) is 0 Å². The van der Waals surface area contributed by atoms with E-state index in [4.69, 9.17) is 4.74 Å². The van der Waals surface area contributed by atoms with Gasteiger partial charge in [0.15, 0.2) is 0 Å². The zero-order valence-electron chi connectivity index (χ0n) is 11.0. The SMILES string of the molecule is CSCCC(C)NCC(O)CN1CCOCC1. The summed E-state index contributed by atoms with van der Waals surface area (Å²) in [6, 6.07) is 0.488. The molecule has 0 bridgehead atoms. The van der Waals surface area contributed by atoms with E-state index in [0.717, 1.165) is 39.3 Å². The monoisotopic (exact) mass is 262 g/mol. The van der Waals surface area contributed by atoms with E-state index in [2.05, 4.69) is 23.4 Å². The molecule has 1 heterocycles. The van der Waals surface area contributed by atoms with Gasteiger partial charge in [0.2, 0.25) is 0 Å². The molecule has 2 N–H and O–H groups in total. The molecule has 1 aliphatic heterocycles. The first-order valence-corrected chi connectivity index (χ1v) is 7.82. The molecule has 2 unspecified atom stereocenters. The molecule has 102 valence electrons. The summed E-state index contributed by atoms with van der Waals surface area (Å²) in [6.07, 6.45) is 3.01. The van der Waals surface area contributed by atoms with Crippen LogP contribution in [-0.2, 0) is 4.74 Å². The maximum Gasteiger partial charge on any atom is 0.0791 e. The van der Waals surface area contributed by atoms with E-state index in [0.29, 0.717) is 12.6 Å². The molecule has 0 aromatic rings. The third-order valence-electron chi connectivity index (χ3n) is 3.03. The van der Waals surface area contributed by atoms with Gasteiger partial charge in [0.1, 0.15) is 0 Å². The van der Waals surface area contributed by atoms with Gasteiger partial charge in [-0.05, 0) is 25.4 Å². The van der Waals surface area contributed by atoms with Crippen LogP contribution < -0.4 is 5.32 Å². The highest BCUT2D eigenvalue weighted by Gasteiger charge is 2.15. The summed E-state index contributed by atoms with van der Waals surface area (Å²) in [5.41, 5.74) is 0. The number of β-amino-alcohol motifs (C(OH)–C–C–N with tert-alkyl or cyclic N) is 1.